The topological polar surface area (TPSA) is 53.4 Å². The van der Waals surface area contributed by atoms with Crippen molar-refractivity contribution in [3.63, 3.8) is 0 Å². The van der Waals surface area contributed by atoms with E-state index < -0.39 is 0 Å². The number of aromatic nitrogens is 2. The number of piperazine rings is 1. The van der Waals surface area contributed by atoms with Crippen LogP contribution in [0, 0.1) is 6.92 Å². The molecule has 1 amide bonds. The lowest BCUT2D eigenvalue weighted by Gasteiger charge is -2.36. The van der Waals surface area contributed by atoms with E-state index in [9.17, 15) is 4.79 Å². The quantitative estimate of drug-likeness (QED) is 0.795. The number of piperidine rings is 1. The molecule has 4 rings (SSSR count). The highest BCUT2D eigenvalue weighted by Crippen LogP contribution is 2.21. The van der Waals surface area contributed by atoms with Crippen molar-refractivity contribution in [2.45, 2.75) is 32.2 Å². The minimum absolute atomic E-state index is 0. The molecule has 29 heavy (non-hydrogen) atoms. The number of nitrogens with one attached hydrogen (secondary N) is 1. The molecule has 2 aliphatic rings. The van der Waals surface area contributed by atoms with Crippen LogP contribution in [0.25, 0.3) is 0 Å². The van der Waals surface area contributed by atoms with E-state index in [4.69, 9.17) is 0 Å². The summed E-state index contributed by atoms with van der Waals surface area (Å²) in [7, 11) is 0. The van der Waals surface area contributed by atoms with E-state index in [1.165, 1.54) is 24.1 Å². The summed E-state index contributed by atoms with van der Waals surface area (Å²) in [5.41, 5.74) is 3.63. The maximum Gasteiger partial charge on any atom is 0.244 e. The van der Waals surface area contributed by atoms with Gasteiger partial charge in [0.25, 0.3) is 0 Å². The Morgan fingerprint density at radius 2 is 1.97 bits per heavy atom. The normalized spacial score (nSPS) is 19.3. The fourth-order valence-corrected chi connectivity index (χ4v) is 4.06. The highest BCUT2D eigenvalue weighted by atomic mass is 35.5. The van der Waals surface area contributed by atoms with Gasteiger partial charge in [-0.3, -0.25) is 9.48 Å². The Labute approximate surface area is 185 Å². The van der Waals surface area contributed by atoms with Gasteiger partial charge in [-0.1, -0.05) is 12.1 Å². The number of nitrogens with zero attached hydrogens (tertiary/aromatic N) is 4. The number of aryl methyl sites for hydroxylation is 1. The third kappa shape index (κ3) is 5.87. The number of carbonyl (C=O) groups is 1. The fraction of sp³-hybridized carbons (Fsp3) is 0.524. The summed E-state index contributed by atoms with van der Waals surface area (Å²) < 4.78 is 1.80. The van der Waals surface area contributed by atoms with Crippen LogP contribution in [0.4, 0.5) is 5.69 Å². The summed E-state index contributed by atoms with van der Waals surface area (Å²) in [4.78, 5) is 17.0. The second kappa shape index (κ2) is 10.9. The number of carbonyl (C=O) groups excluding carboxylic acids is 1. The average Bonchev–Trinajstić information content (AvgIpc) is 3.17. The molecule has 2 fully saturated rings. The van der Waals surface area contributed by atoms with Crippen molar-refractivity contribution in [3.05, 3.63) is 47.8 Å². The zero-order valence-corrected chi connectivity index (χ0v) is 18.6. The van der Waals surface area contributed by atoms with Crippen molar-refractivity contribution < 1.29 is 4.79 Å². The van der Waals surface area contributed by atoms with Crippen LogP contribution >= 0.6 is 24.8 Å². The van der Waals surface area contributed by atoms with E-state index >= 15 is 0 Å². The lowest BCUT2D eigenvalue weighted by molar-refractivity contribution is -0.132. The van der Waals surface area contributed by atoms with Gasteiger partial charge in [0, 0.05) is 50.5 Å². The molecule has 1 unspecified atom stereocenters. The van der Waals surface area contributed by atoms with Crippen LogP contribution in [0.2, 0.25) is 0 Å². The molecule has 0 saturated carbocycles. The molecule has 2 aliphatic heterocycles. The number of halogens is 2. The van der Waals surface area contributed by atoms with Gasteiger partial charge in [-0.2, -0.15) is 5.10 Å². The van der Waals surface area contributed by atoms with Crippen molar-refractivity contribution >= 4 is 36.4 Å². The molecule has 0 aliphatic carbocycles. The Hall–Kier alpha value is -1.76. The van der Waals surface area contributed by atoms with Gasteiger partial charge < -0.3 is 15.1 Å². The molecule has 2 aromatic rings. The standard InChI is InChI=1S/C21H29N5O.2ClH/c1-17-4-2-6-19(14-17)24-10-12-25(13-11-24)21(27)16-26-9-7-20(23-26)18-5-3-8-22-15-18;;/h2,4,6-7,9,14,18,22H,3,5,8,10-13,15-16H2,1H3;2*1H. The maximum absolute atomic E-state index is 12.7. The lowest BCUT2D eigenvalue weighted by atomic mass is 9.97. The zero-order valence-electron chi connectivity index (χ0n) is 16.9. The molecule has 1 aromatic carbocycles. The number of benzene rings is 1. The van der Waals surface area contributed by atoms with Crippen LogP contribution in [0.1, 0.15) is 30.0 Å². The molecule has 1 aromatic heterocycles. The highest BCUT2D eigenvalue weighted by molar-refractivity contribution is 5.85. The molecule has 6 nitrogen and oxygen atoms in total. The van der Waals surface area contributed by atoms with E-state index in [0.717, 1.165) is 45.0 Å². The van der Waals surface area contributed by atoms with Crippen molar-refractivity contribution in [3.8, 4) is 0 Å². The van der Waals surface area contributed by atoms with Crippen LogP contribution in [0.3, 0.4) is 0 Å². The van der Waals surface area contributed by atoms with Gasteiger partial charge in [0.15, 0.2) is 0 Å². The Kier molecular flexibility index (Phi) is 8.80. The summed E-state index contributed by atoms with van der Waals surface area (Å²) in [6, 6.07) is 10.6. The lowest BCUT2D eigenvalue weighted by Crippen LogP contribution is -2.49. The maximum atomic E-state index is 12.7. The number of rotatable bonds is 4. The molecule has 1 atom stereocenters. The smallest absolute Gasteiger partial charge is 0.244 e. The highest BCUT2D eigenvalue weighted by Gasteiger charge is 2.22. The van der Waals surface area contributed by atoms with Crippen molar-refractivity contribution in [1.29, 1.82) is 0 Å². The molecule has 8 heteroatoms. The molecule has 0 radical (unpaired) electrons. The van der Waals surface area contributed by atoms with Crippen molar-refractivity contribution in [2.24, 2.45) is 0 Å². The van der Waals surface area contributed by atoms with Crippen LogP contribution in [0.5, 0.6) is 0 Å². The molecule has 0 spiro atoms. The molecule has 3 heterocycles. The minimum Gasteiger partial charge on any atom is -0.368 e. The number of hydrogen-bond donors (Lipinski definition) is 1. The minimum atomic E-state index is 0. The molecular weight excluding hydrogens is 409 g/mol. The predicted octanol–water partition coefficient (Wildman–Crippen LogP) is 2.85. The van der Waals surface area contributed by atoms with Gasteiger partial charge in [0.05, 0.1) is 5.69 Å². The number of anilines is 1. The summed E-state index contributed by atoms with van der Waals surface area (Å²) >= 11 is 0. The largest absolute Gasteiger partial charge is 0.368 e. The SMILES string of the molecule is Cc1cccc(N2CCN(C(=O)Cn3ccc(C4CCCNC4)n3)CC2)c1.Cl.Cl. The molecule has 0 bridgehead atoms. The van der Waals surface area contributed by atoms with Crippen LogP contribution in [-0.4, -0.2) is 59.9 Å². The average molecular weight is 440 g/mol. The third-order valence-electron chi connectivity index (χ3n) is 5.67. The summed E-state index contributed by atoms with van der Waals surface area (Å²) in [5.74, 6) is 0.642. The second-order valence-corrected chi connectivity index (χ2v) is 7.69. The number of hydrogen-bond acceptors (Lipinski definition) is 4. The van der Waals surface area contributed by atoms with Crippen LogP contribution in [0.15, 0.2) is 36.5 Å². The van der Waals surface area contributed by atoms with E-state index in [1.54, 1.807) is 4.68 Å². The zero-order chi connectivity index (χ0) is 18.6. The molecule has 160 valence electrons. The second-order valence-electron chi connectivity index (χ2n) is 7.69. The first-order chi connectivity index (χ1) is 13.2. The summed E-state index contributed by atoms with van der Waals surface area (Å²) in [5, 5.41) is 8.09. The van der Waals surface area contributed by atoms with Gasteiger partial charge in [-0.15, -0.1) is 24.8 Å². The first-order valence-electron chi connectivity index (χ1n) is 10.0. The van der Waals surface area contributed by atoms with E-state index in [2.05, 4.69) is 52.6 Å². The van der Waals surface area contributed by atoms with Gasteiger partial charge in [0.2, 0.25) is 5.91 Å². The molecule has 1 N–H and O–H groups in total. The van der Waals surface area contributed by atoms with Gasteiger partial charge in [-0.05, 0) is 50.1 Å². The van der Waals surface area contributed by atoms with E-state index in [1.807, 2.05) is 11.1 Å². The Morgan fingerprint density at radius 3 is 2.66 bits per heavy atom. The predicted molar refractivity (Wildman–Crippen MR) is 122 cm³/mol. The van der Waals surface area contributed by atoms with Gasteiger partial charge in [0.1, 0.15) is 6.54 Å². The van der Waals surface area contributed by atoms with Crippen molar-refractivity contribution in [2.75, 3.05) is 44.2 Å². The van der Waals surface area contributed by atoms with Crippen molar-refractivity contribution in [1.82, 2.24) is 20.0 Å². The molecular formula is C21H31Cl2N5O. The Balaban J connectivity index is 0.00000150. The van der Waals surface area contributed by atoms with Crippen LogP contribution in [-0.2, 0) is 11.3 Å². The fourth-order valence-electron chi connectivity index (χ4n) is 4.06. The van der Waals surface area contributed by atoms with E-state index in [-0.39, 0.29) is 30.7 Å². The number of amides is 1. The first-order valence-corrected chi connectivity index (χ1v) is 10.0. The van der Waals surface area contributed by atoms with Crippen LogP contribution < -0.4 is 10.2 Å². The Morgan fingerprint density at radius 1 is 1.17 bits per heavy atom. The Bertz CT molecular complexity index is 783. The first kappa shape index (κ1) is 23.5. The monoisotopic (exact) mass is 439 g/mol. The van der Waals surface area contributed by atoms with Gasteiger partial charge >= 0.3 is 0 Å². The molecule has 2 saturated heterocycles. The van der Waals surface area contributed by atoms with E-state index in [0.29, 0.717) is 12.5 Å². The van der Waals surface area contributed by atoms with Gasteiger partial charge in [-0.25, -0.2) is 0 Å². The summed E-state index contributed by atoms with van der Waals surface area (Å²) in [6.45, 7) is 7.85. The third-order valence-corrected chi connectivity index (χ3v) is 5.67. The summed E-state index contributed by atoms with van der Waals surface area (Å²) in [6.07, 6.45) is 4.32.